The molecule has 7 heteroatoms. The van der Waals surface area contributed by atoms with Crippen molar-refractivity contribution in [3.63, 3.8) is 0 Å². The van der Waals surface area contributed by atoms with Crippen LogP contribution in [0.5, 0.6) is 5.75 Å². The third-order valence-electron chi connectivity index (χ3n) is 5.65. The number of piperidine rings is 1. The SMILES string of the molecule is CNc1ncccc1CN1CCCCC1c1nc(N)ncc1-c1cccc(OC)c1. The lowest BCUT2D eigenvalue weighted by Crippen LogP contribution is -2.34. The Hall–Kier alpha value is -3.19. The number of benzene rings is 1. The van der Waals surface area contributed by atoms with Crippen molar-refractivity contribution in [2.45, 2.75) is 31.8 Å². The molecule has 0 saturated carbocycles. The number of nitrogens with two attached hydrogens (primary N) is 1. The number of nitrogens with zero attached hydrogens (tertiary/aromatic N) is 4. The third-order valence-corrected chi connectivity index (χ3v) is 5.65. The first-order valence-corrected chi connectivity index (χ1v) is 10.3. The molecule has 156 valence electrons. The number of hydrogen-bond donors (Lipinski definition) is 2. The van der Waals surface area contributed by atoms with Crippen molar-refractivity contribution >= 4 is 11.8 Å². The van der Waals surface area contributed by atoms with E-state index >= 15 is 0 Å². The molecule has 1 aliphatic rings. The van der Waals surface area contributed by atoms with Gasteiger partial charge in [-0.15, -0.1) is 0 Å². The first kappa shape index (κ1) is 20.1. The molecule has 0 aliphatic carbocycles. The number of nitrogen functional groups attached to an aromatic ring is 1. The van der Waals surface area contributed by atoms with Gasteiger partial charge in [0, 0.05) is 37.1 Å². The highest BCUT2D eigenvalue weighted by atomic mass is 16.5. The average Bonchev–Trinajstić information content (AvgIpc) is 2.80. The van der Waals surface area contributed by atoms with E-state index in [2.05, 4.69) is 32.3 Å². The van der Waals surface area contributed by atoms with E-state index in [-0.39, 0.29) is 6.04 Å². The lowest BCUT2D eigenvalue weighted by atomic mass is 9.93. The molecule has 1 aliphatic heterocycles. The fourth-order valence-corrected chi connectivity index (χ4v) is 4.18. The molecule has 0 radical (unpaired) electrons. The summed E-state index contributed by atoms with van der Waals surface area (Å²) in [5, 5.41) is 3.20. The molecule has 1 unspecified atom stereocenters. The van der Waals surface area contributed by atoms with Crippen LogP contribution in [0, 0.1) is 0 Å². The van der Waals surface area contributed by atoms with E-state index in [9.17, 15) is 0 Å². The van der Waals surface area contributed by atoms with Crippen LogP contribution in [0.2, 0.25) is 0 Å². The fraction of sp³-hybridized carbons (Fsp3) is 0.348. The quantitative estimate of drug-likeness (QED) is 0.644. The number of ether oxygens (including phenoxy) is 1. The van der Waals surface area contributed by atoms with E-state index < -0.39 is 0 Å². The molecule has 4 rings (SSSR count). The zero-order valence-electron chi connectivity index (χ0n) is 17.5. The Morgan fingerprint density at radius 1 is 1.20 bits per heavy atom. The van der Waals surface area contributed by atoms with Gasteiger partial charge in [-0.1, -0.05) is 24.6 Å². The van der Waals surface area contributed by atoms with E-state index in [1.807, 2.05) is 43.7 Å². The number of nitrogens with one attached hydrogen (secondary N) is 1. The molecule has 30 heavy (non-hydrogen) atoms. The van der Waals surface area contributed by atoms with Gasteiger partial charge in [0.1, 0.15) is 11.6 Å². The van der Waals surface area contributed by atoms with Crippen LogP contribution in [0.25, 0.3) is 11.1 Å². The smallest absolute Gasteiger partial charge is 0.220 e. The van der Waals surface area contributed by atoms with Crippen molar-refractivity contribution in [3.8, 4) is 16.9 Å². The standard InChI is InChI=1S/C23H28N6O/c1-25-22-17(8-6-11-26-22)15-29-12-4-3-10-20(29)21-19(14-27-23(24)28-21)16-7-5-9-18(13-16)30-2/h5-9,11,13-14,20H,3-4,10,12,15H2,1-2H3,(H,25,26)(H2,24,27,28). The van der Waals surface area contributed by atoms with Gasteiger partial charge < -0.3 is 15.8 Å². The molecule has 3 heterocycles. The van der Waals surface area contributed by atoms with Crippen LogP contribution in [0.15, 0.2) is 48.8 Å². The molecule has 3 N–H and O–H groups in total. The van der Waals surface area contributed by atoms with Crippen molar-refractivity contribution in [2.24, 2.45) is 0 Å². The zero-order chi connectivity index (χ0) is 20.9. The summed E-state index contributed by atoms with van der Waals surface area (Å²) in [7, 11) is 3.58. The van der Waals surface area contributed by atoms with Gasteiger partial charge in [0.15, 0.2) is 0 Å². The van der Waals surface area contributed by atoms with E-state index in [1.54, 1.807) is 7.11 Å². The molecule has 3 aromatic rings. The van der Waals surface area contributed by atoms with Crippen LogP contribution in [0.1, 0.15) is 36.6 Å². The first-order valence-electron chi connectivity index (χ1n) is 10.3. The minimum absolute atomic E-state index is 0.162. The summed E-state index contributed by atoms with van der Waals surface area (Å²) in [5.41, 5.74) is 10.2. The number of likely N-dealkylation sites (tertiary alicyclic amines) is 1. The Bertz CT molecular complexity index is 1010. The molecule has 1 aromatic carbocycles. The van der Waals surface area contributed by atoms with Crippen molar-refractivity contribution < 1.29 is 4.74 Å². The van der Waals surface area contributed by atoms with Gasteiger partial charge >= 0.3 is 0 Å². The van der Waals surface area contributed by atoms with Gasteiger partial charge in [-0.3, -0.25) is 4.90 Å². The molecule has 0 bridgehead atoms. The van der Waals surface area contributed by atoms with Gasteiger partial charge in [0.2, 0.25) is 5.95 Å². The van der Waals surface area contributed by atoms with Crippen molar-refractivity contribution in [3.05, 3.63) is 60.0 Å². The Morgan fingerprint density at radius 3 is 2.93 bits per heavy atom. The van der Waals surface area contributed by atoms with Gasteiger partial charge in [0.25, 0.3) is 0 Å². The monoisotopic (exact) mass is 404 g/mol. The molecular formula is C23H28N6O. The number of aromatic nitrogens is 3. The van der Waals surface area contributed by atoms with Gasteiger partial charge in [0.05, 0.1) is 18.8 Å². The molecule has 0 spiro atoms. The molecular weight excluding hydrogens is 376 g/mol. The number of anilines is 2. The highest BCUT2D eigenvalue weighted by Gasteiger charge is 2.28. The number of rotatable bonds is 6. The number of pyridine rings is 1. The fourth-order valence-electron chi connectivity index (χ4n) is 4.18. The van der Waals surface area contributed by atoms with E-state index in [0.717, 1.165) is 54.3 Å². The summed E-state index contributed by atoms with van der Waals surface area (Å²) in [6.07, 6.45) is 7.01. The Morgan fingerprint density at radius 2 is 2.10 bits per heavy atom. The lowest BCUT2D eigenvalue weighted by molar-refractivity contribution is 0.138. The first-order chi connectivity index (χ1) is 14.7. The van der Waals surface area contributed by atoms with Gasteiger partial charge in [-0.25, -0.2) is 15.0 Å². The predicted octanol–water partition coefficient (Wildman–Crippen LogP) is 3.90. The van der Waals surface area contributed by atoms with Crippen LogP contribution >= 0.6 is 0 Å². The van der Waals surface area contributed by atoms with Crippen LogP contribution in [0.4, 0.5) is 11.8 Å². The third kappa shape index (κ3) is 4.21. The number of methoxy groups -OCH3 is 1. The molecule has 2 aromatic heterocycles. The van der Waals surface area contributed by atoms with Crippen LogP contribution < -0.4 is 15.8 Å². The minimum Gasteiger partial charge on any atom is -0.497 e. The lowest BCUT2D eigenvalue weighted by Gasteiger charge is -2.36. The van der Waals surface area contributed by atoms with Gasteiger partial charge in [-0.2, -0.15) is 0 Å². The summed E-state index contributed by atoms with van der Waals surface area (Å²) in [6, 6.07) is 12.3. The van der Waals surface area contributed by atoms with E-state index in [4.69, 9.17) is 15.5 Å². The molecule has 7 nitrogen and oxygen atoms in total. The molecule has 1 saturated heterocycles. The second-order valence-corrected chi connectivity index (χ2v) is 7.50. The van der Waals surface area contributed by atoms with Crippen molar-refractivity contribution in [1.82, 2.24) is 19.9 Å². The maximum atomic E-state index is 6.03. The van der Waals surface area contributed by atoms with Crippen molar-refractivity contribution in [1.29, 1.82) is 0 Å². The summed E-state index contributed by atoms with van der Waals surface area (Å²) in [4.78, 5) is 15.9. The summed E-state index contributed by atoms with van der Waals surface area (Å²) < 4.78 is 5.42. The largest absolute Gasteiger partial charge is 0.497 e. The maximum absolute atomic E-state index is 6.03. The normalized spacial score (nSPS) is 16.9. The zero-order valence-corrected chi connectivity index (χ0v) is 17.5. The Labute approximate surface area is 177 Å². The number of hydrogen-bond acceptors (Lipinski definition) is 7. The highest BCUT2D eigenvalue weighted by molar-refractivity contribution is 5.67. The molecule has 0 amide bonds. The van der Waals surface area contributed by atoms with Gasteiger partial charge in [-0.05, 0) is 43.1 Å². The second-order valence-electron chi connectivity index (χ2n) is 7.50. The summed E-state index contributed by atoms with van der Waals surface area (Å²) in [5.74, 6) is 2.03. The second kappa shape index (κ2) is 9.09. The molecule has 1 atom stereocenters. The van der Waals surface area contributed by atoms with Crippen LogP contribution in [-0.4, -0.2) is 40.6 Å². The Kier molecular flexibility index (Phi) is 6.09. The Balaban J connectivity index is 1.72. The minimum atomic E-state index is 0.162. The summed E-state index contributed by atoms with van der Waals surface area (Å²) >= 11 is 0. The predicted molar refractivity (Wildman–Crippen MR) is 119 cm³/mol. The van der Waals surface area contributed by atoms with E-state index in [0.29, 0.717) is 5.95 Å². The summed E-state index contributed by atoms with van der Waals surface area (Å²) in [6.45, 7) is 1.81. The topological polar surface area (TPSA) is 89.2 Å². The maximum Gasteiger partial charge on any atom is 0.220 e. The molecule has 1 fully saturated rings. The van der Waals surface area contributed by atoms with Crippen molar-refractivity contribution in [2.75, 3.05) is 31.8 Å². The van der Waals surface area contributed by atoms with Crippen LogP contribution in [-0.2, 0) is 6.54 Å². The van der Waals surface area contributed by atoms with E-state index in [1.165, 1.54) is 12.0 Å². The highest BCUT2D eigenvalue weighted by Crippen LogP contribution is 2.37. The average molecular weight is 405 g/mol. The van der Waals surface area contributed by atoms with Crippen LogP contribution in [0.3, 0.4) is 0 Å².